The molecule has 0 saturated carbocycles. The molecule has 164 valence electrons. The fourth-order valence-electron chi connectivity index (χ4n) is 4.11. The number of pyridine rings is 1. The van der Waals surface area contributed by atoms with Crippen molar-refractivity contribution in [2.75, 3.05) is 37.7 Å². The first kappa shape index (κ1) is 21.2. The SMILES string of the molecule is CC(C)COC(=O)N1CCN(c2nc(-c3ccccc3O)cc3c2CC(C)C=C3)CC1. The van der Waals surface area contributed by atoms with Crippen LogP contribution in [0.4, 0.5) is 10.6 Å². The van der Waals surface area contributed by atoms with E-state index in [-0.39, 0.29) is 11.8 Å². The van der Waals surface area contributed by atoms with Crippen molar-refractivity contribution in [1.82, 2.24) is 9.88 Å². The van der Waals surface area contributed by atoms with Gasteiger partial charge in [0.2, 0.25) is 0 Å². The molecule has 6 heteroatoms. The largest absolute Gasteiger partial charge is 0.507 e. The molecule has 6 nitrogen and oxygen atoms in total. The van der Waals surface area contributed by atoms with Gasteiger partial charge in [-0.25, -0.2) is 9.78 Å². The van der Waals surface area contributed by atoms with Gasteiger partial charge in [0.1, 0.15) is 11.6 Å². The van der Waals surface area contributed by atoms with E-state index >= 15 is 0 Å². The van der Waals surface area contributed by atoms with Gasteiger partial charge in [-0.05, 0) is 42.0 Å². The van der Waals surface area contributed by atoms with E-state index < -0.39 is 0 Å². The normalized spacial score (nSPS) is 18.3. The zero-order chi connectivity index (χ0) is 22.0. The van der Waals surface area contributed by atoms with Gasteiger partial charge in [0.25, 0.3) is 0 Å². The van der Waals surface area contributed by atoms with Crippen LogP contribution in [0.2, 0.25) is 0 Å². The van der Waals surface area contributed by atoms with Crippen molar-refractivity contribution in [3.63, 3.8) is 0 Å². The van der Waals surface area contributed by atoms with Gasteiger partial charge in [-0.15, -0.1) is 0 Å². The minimum absolute atomic E-state index is 0.228. The minimum Gasteiger partial charge on any atom is -0.507 e. The summed E-state index contributed by atoms with van der Waals surface area (Å²) in [5.41, 5.74) is 3.89. The van der Waals surface area contributed by atoms with E-state index in [1.165, 1.54) is 5.56 Å². The molecular weight excluding hydrogens is 390 g/mol. The summed E-state index contributed by atoms with van der Waals surface area (Å²) in [7, 11) is 0. The molecule has 1 atom stereocenters. The van der Waals surface area contributed by atoms with E-state index in [1.54, 1.807) is 11.0 Å². The Balaban J connectivity index is 1.60. The Morgan fingerprint density at radius 1 is 1.23 bits per heavy atom. The van der Waals surface area contributed by atoms with Crippen LogP contribution in [0, 0.1) is 11.8 Å². The highest BCUT2D eigenvalue weighted by atomic mass is 16.6. The van der Waals surface area contributed by atoms with Gasteiger partial charge in [0.05, 0.1) is 12.3 Å². The van der Waals surface area contributed by atoms with Gasteiger partial charge >= 0.3 is 6.09 Å². The maximum absolute atomic E-state index is 12.3. The first-order chi connectivity index (χ1) is 14.9. The van der Waals surface area contributed by atoms with E-state index in [4.69, 9.17) is 9.72 Å². The monoisotopic (exact) mass is 421 g/mol. The molecule has 2 aliphatic rings. The number of anilines is 1. The first-order valence-electron chi connectivity index (χ1n) is 11.1. The number of phenolic OH excluding ortho intramolecular Hbond substituents is 1. The lowest BCUT2D eigenvalue weighted by Crippen LogP contribution is -2.49. The van der Waals surface area contributed by atoms with Gasteiger partial charge in [0, 0.05) is 37.3 Å². The number of carbonyl (C=O) groups excluding carboxylic acids is 1. The third-order valence-electron chi connectivity index (χ3n) is 5.82. The molecule has 1 N–H and O–H groups in total. The summed E-state index contributed by atoms with van der Waals surface area (Å²) in [5, 5.41) is 10.4. The van der Waals surface area contributed by atoms with Crippen LogP contribution in [0.5, 0.6) is 5.75 Å². The van der Waals surface area contributed by atoms with Crippen LogP contribution >= 0.6 is 0 Å². The Bertz CT molecular complexity index is 978. The number of benzene rings is 1. The predicted octanol–water partition coefficient (Wildman–Crippen LogP) is 4.57. The fourth-order valence-corrected chi connectivity index (χ4v) is 4.11. The number of allylic oxidation sites excluding steroid dienone is 1. The first-order valence-corrected chi connectivity index (χ1v) is 11.1. The topological polar surface area (TPSA) is 65.9 Å². The zero-order valence-corrected chi connectivity index (χ0v) is 18.5. The molecule has 0 radical (unpaired) electrons. The van der Waals surface area contributed by atoms with Gasteiger partial charge < -0.3 is 19.6 Å². The molecule has 4 rings (SSSR count). The summed E-state index contributed by atoms with van der Waals surface area (Å²) in [6.45, 7) is 9.36. The van der Waals surface area contributed by atoms with Crippen LogP contribution in [-0.4, -0.2) is 53.9 Å². The number of rotatable bonds is 4. The molecular formula is C25H31N3O3. The van der Waals surface area contributed by atoms with Crippen LogP contribution in [0.3, 0.4) is 0 Å². The molecule has 1 aromatic carbocycles. The lowest BCUT2D eigenvalue weighted by molar-refractivity contribution is 0.0901. The number of fused-ring (bicyclic) bond motifs is 1. The van der Waals surface area contributed by atoms with Crippen LogP contribution in [0.15, 0.2) is 36.4 Å². The number of hydrogen-bond donors (Lipinski definition) is 1. The molecule has 1 saturated heterocycles. The van der Waals surface area contributed by atoms with Crippen LogP contribution < -0.4 is 4.90 Å². The van der Waals surface area contributed by atoms with Crippen molar-refractivity contribution in [2.24, 2.45) is 11.8 Å². The summed E-state index contributed by atoms with van der Waals surface area (Å²) in [4.78, 5) is 21.4. The molecule has 2 heterocycles. The summed E-state index contributed by atoms with van der Waals surface area (Å²) in [6, 6.07) is 9.38. The number of carbonyl (C=O) groups is 1. The van der Waals surface area contributed by atoms with Crippen molar-refractivity contribution in [1.29, 1.82) is 0 Å². The second-order valence-corrected chi connectivity index (χ2v) is 8.90. The number of aromatic nitrogens is 1. The average molecular weight is 422 g/mol. The molecule has 1 amide bonds. The summed E-state index contributed by atoms with van der Waals surface area (Å²) >= 11 is 0. The lowest BCUT2D eigenvalue weighted by Gasteiger charge is -2.36. The Morgan fingerprint density at radius 2 is 1.97 bits per heavy atom. The molecule has 31 heavy (non-hydrogen) atoms. The second-order valence-electron chi connectivity index (χ2n) is 8.90. The maximum atomic E-state index is 12.3. The highest BCUT2D eigenvalue weighted by molar-refractivity contribution is 5.75. The number of amides is 1. The Kier molecular flexibility index (Phi) is 6.16. The summed E-state index contributed by atoms with van der Waals surface area (Å²) in [6.07, 6.45) is 5.09. The van der Waals surface area contributed by atoms with E-state index in [0.717, 1.165) is 29.1 Å². The van der Waals surface area contributed by atoms with Crippen molar-refractivity contribution in [3.8, 4) is 17.0 Å². The van der Waals surface area contributed by atoms with Crippen molar-refractivity contribution < 1.29 is 14.6 Å². The molecule has 1 aliphatic carbocycles. The number of nitrogens with zero attached hydrogens (tertiary/aromatic N) is 3. The molecule has 0 spiro atoms. The highest BCUT2D eigenvalue weighted by Crippen LogP contribution is 2.36. The molecule has 1 aromatic heterocycles. The third-order valence-corrected chi connectivity index (χ3v) is 5.82. The van der Waals surface area contributed by atoms with E-state index in [9.17, 15) is 9.90 Å². The molecule has 1 aliphatic heterocycles. The fraction of sp³-hybridized carbons (Fsp3) is 0.440. The lowest BCUT2D eigenvalue weighted by atomic mass is 9.90. The van der Waals surface area contributed by atoms with Gasteiger partial charge in [-0.2, -0.15) is 0 Å². The van der Waals surface area contributed by atoms with E-state index in [0.29, 0.717) is 44.6 Å². The predicted molar refractivity (Wildman–Crippen MR) is 123 cm³/mol. The third kappa shape index (κ3) is 4.68. The Hall–Kier alpha value is -3.02. The number of para-hydroxylation sites is 1. The summed E-state index contributed by atoms with van der Waals surface area (Å²) in [5.74, 6) is 1.97. The smallest absolute Gasteiger partial charge is 0.409 e. The Labute approximate surface area is 184 Å². The van der Waals surface area contributed by atoms with Crippen LogP contribution in [-0.2, 0) is 11.2 Å². The number of aromatic hydroxyl groups is 1. The van der Waals surface area contributed by atoms with E-state index in [1.807, 2.05) is 32.0 Å². The summed E-state index contributed by atoms with van der Waals surface area (Å²) < 4.78 is 5.39. The Morgan fingerprint density at radius 3 is 2.68 bits per heavy atom. The van der Waals surface area contributed by atoms with Gasteiger partial charge in [-0.3, -0.25) is 0 Å². The standard InChI is InChI=1S/C25H31N3O3/c1-17(2)16-31-25(30)28-12-10-27(11-13-28)24-21-14-18(3)8-9-19(21)15-22(26-24)20-6-4-5-7-23(20)29/h4-9,15,17-18,29H,10-14,16H2,1-3H3. The number of piperazine rings is 1. The quantitative estimate of drug-likeness (QED) is 0.783. The van der Waals surface area contributed by atoms with Crippen molar-refractivity contribution in [2.45, 2.75) is 27.2 Å². The number of ether oxygens (including phenoxy) is 1. The second kappa shape index (κ2) is 9.00. The minimum atomic E-state index is -0.233. The molecule has 1 fully saturated rings. The van der Waals surface area contributed by atoms with Crippen LogP contribution in [0.25, 0.3) is 17.3 Å². The molecule has 0 bridgehead atoms. The number of phenols is 1. The number of hydrogen-bond acceptors (Lipinski definition) is 5. The highest BCUT2D eigenvalue weighted by Gasteiger charge is 2.27. The zero-order valence-electron chi connectivity index (χ0n) is 18.5. The van der Waals surface area contributed by atoms with Crippen molar-refractivity contribution in [3.05, 3.63) is 47.5 Å². The average Bonchev–Trinajstić information content (AvgIpc) is 2.77. The van der Waals surface area contributed by atoms with Crippen molar-refractivity contribution >= 4 is 18.0 Å². The van der Waals surface area contributed by atoms with Gasteiger partial charge in [0.15, 0.2) is 0 Å². The van der Waals surface area contributed by atoms with Gasteiger partial charge in [-0.1, -0.05) is 45.1 Å². The molecule has 2 aromatic rings. The maximum Gasteiger partial charge on any atom is 0.409 e. The van der Waals surface area contributed by atoms with Crippen LogP contribution in [0.1, 0.15) is 31.9 Å². The van der Waals surface area contributed by atoms with E-state index in [2.05, 4.69) is 30.0 Å². The molecule has 1 unspecified atom stereocenters.